The Labute approximate surface area is 106 Å². The van der Waals surface area contributed by atoms with E-state index in [4.69, 9.17) is 0 Å². The molecule has 2 rings (SSSR count). The highest BCUT2D eigenvalue weighted by atomic mass is 35.5. The van der Waals surface area contributed by atoms with E-state index < -0.39 is 0 Å². The largest absolute Gasteiger partial charge is 0.308 e. The van der Waals surface area contributed by atoms with Crippen LogP contribution in [0.2, 0.25) is 0 Å². The van der Waals surface area contributed by atoms with E-state index in [0.717, 1.165) is 19.6 Å². The van der Waals surface area contributed by atoms with Gasteiger partial charge in [-0.15, -0.1) is 23.7 Å². The van der Waals surface area contributed by atoms with E-state index in [-0.39, 0.29) is 12.4 Å². The lowest BCUT2D eigenvalue weighted by Crippen LogP contribution is -2.11. The van der Waals surface area contributed by atoms with Crippen LogP contribution in [0.25, 0.3) is 0 Å². The number of nitrogens with zero attached hydrogens (tertiary/aromatic N) is 2. The fraction of sp³-hybridized carbons (Fsp3) is 0.364. The Hall–Kier alpha value is -0.840. The number of rotatable bonds is 5. The third-order valence-electron chi connectivity index (χ3n) is 2.22. The molecule has 0 fully saturated rings. The highest BCUT2D eigenvalue weighted by Crippen LogP contribution is 2.07. The maximum absolute atomic E-state index is 4.23. The molecule has 0 aliphatic carbocycles. The Morgan fingerprint density at radius 3 is 2.94 bits per heavy atom. The van der Waals surface area contributed by atoms with E-state index in [0.29, 0.717) is 0 Å². The standard InChI is InChI=1S/C11H15N3S.ClH/c1-2-14-9-10(7-13-14)6-12-8-11-4-3-5-15-11;/h3-5,7,9,12H,2,6,8H2,1H3;1H. The van der Waals surface area contributed by atoms with Crippen molar-refractivity contribution in [3.05, 3.63) is 40.3 Å². The lowest BCUT2D eigenvalue weighted by atomic mass is 10.3. The van der Waals surface area contributed by atoms with Gasteiger partial charge in [-0.1, -0.05) is 6.07 Å². The molecule has 0 aliphatic heterocycles. The zero-order chi connectivity index (χ0) is 10.5. The SMILES string of the molecule is CCn1cc(CNCc2cccs2)cn1.Cl. The Balaban J connectivity index is 0.00000128. The van der Waals surface area contributed by atoms with Crippen LogP contribution in [-0.2, 0) is 19.6 Å². The van der Waals surface area contributed by atoms with Crippen molar-refractivity contribution in [3.8, 4) is 0 Å². The van der Waals surface area contributed by atoms with E-state index in [2.05, 4.69) is 41.0 Å². The van der Waals surface area contributed by atoms with Gasteiger partial charge in [0.2, 0.25) is 0 Å². The molecule has 2 aromatic heterocycles. The van der Waals surface area contributed by atoms with Crippen molar-refractivity contribution in [1.29, 1.82) is 0 Å². The first kappa shape index (κ1) is 13.2. The highest BCUT2D eigenvalue weighted by molar-refractivity contribution is 7.09. The highest BCUT2D eigenvalue weighted by Gasteiger charge is 1.97. The average molecular weight is 258 g/mol. The topological polar surface area (TPSA) is 29.9 Å². The van der Waals surface area contributed by atoms with Crippen molar-refractivity contribution < 1.29 is 0 Å². The van der Waals surface area contributed by atoms with Gasteiger partial charge in [-0.3, -0.25) is 4.68 Å². The first-order valence-corrected chi connectivity index (χ1v) is 6.01. The predicted molar refractivity (Wildman–Crippen MR) is 70.0 cm³/mol. The molecule has 0 spiro atoms. The van der Waals surface area contributed by atoms with E-state index in [1.807, 2.05) is 10.9 Å². The van der Waals surface area contributed by atoms with Gasteiger partial charge in [-0.25, -0.2) is 0 Å². The fourth-order valence-corrected chi connectivity index (χ4v) is 2.09. The summed E-state index contributed by atoms with van der Waals surface area (Å²) in [7, 11) is 0. The van der Waals surface area contributed by atoms with Crippen LogP contribution >= 0.6 is 23.7 Å². The summed E-state index contributed by atoms with van der Waals surface area (Å²) >= 11 is 1.78. The smallest absolute Gasteiger partial charge is 0.0534 e. The summed E-state index contributed by atoms with van der Waals surface area (Å²) in [6, 6.07) is 4.23. The quantitative estimate of drug-likeness (QED) is 0.893. The Morgan fingerprint density at radius 1 is 1.44 bits per heavy atom. The summed E-state index contributed by atoms with van der Waals surface area (Å²) in [4.78, 5) is 1.37. The zero-order valence-corrected chi connectivity index (χ0v) is 10.9. The van der Waals surface area contributed by atoms with Crippen molar-refractivity contribution in [2.24, 2.45) is 0 Å². The molecule has 0 radical (unpaired) electrons. The monoisotopic (exact) mass is 257 g/mol. The van der Waals surface area contributed by atoms with E-state index >= 15 is 0 Å². The van der Waals surface area contributed by atoms with Gasteiger partial charge in [0, 0.05) is 36.3 Å². The Bertz CT molecular complexity index is 397. The van der Waals surface area contributed by atoms with Crippen molar-refractivity contribution >= 4 is 23.7 Å². The molecule has 16 heavy (non-hydrogen) atoms. The van der Waals surface area contributed by atoms with Crippen LogP contribution in [0.15, 0.2) is 29.9 Å². The molecule has 3 nitrogen and oxygen atoms in total. The first-order valence-electron chi connectivity index (χ1n) is 5.13. The number of hydrogen-bond donors (Lipinski definition) is 1. The molecule has 88 valence electrons. The summed E-state index contributed by atoms with van der Waals surface area (Å²) < 4.78 is 1.95. The molecule has 1 N–H and O–H groups in total. The number of thiophene rings is 1. The van der Waals surface area contributed by atoms with E-state index in [1.54, 1.807) is 11.3 Å². The van der Waals surface area contributed by atoms with Crippen LogP contribution in [0.4, 0.5) is 0 Å². The predicted octanol–water partition coefficient (Wildman–Crippen LogP) is 2.68. The second-order valence-corrected chi connectivity index (χ2v) is 4.42. The minimum atomic E-state index is 0. The normalized spacial score (nSPS) is 10.1. The van der Waals surface area contributed by atoms with Gasteiger partial charge in [-0.05, 0) is 18.4 Å². The molecular formula is C11H16ClN3S. The molecule has 0 saturated heterocycles. The summed E-state index contributed by atoms with van der Waals surface area (Å²) in [6.07, 6.45) is 4.01. The third kappa shape index (κ3) is 3.63. The first-order chi connectivity index (χ1) is 7.38. The maximum atomic E-state index is 4.23. The van der Waals surface area contributed by atoms with Gasteiger partial charge >= 0.3 is 0 Å². The molecule has 0 aromatic carbocycles. The van der Waals surface area contributed by atoms with Gasteiger partial charge in [0.25, 0.3) is 0 Å². The number of aromatic nitrogens is 2. The summed E-state index contributed by atoms with van der Waals surface area (Å²) in [6.45, 7) is 4.85. The van der Waals surface area contributed by atoms with Crippen molar-refractivity contribution in [1.82, 2.24) is 15.1 Å². The molecule has 5 heteroatoms. The Morgan fingerprint density at radius 2 is 2.31 bits per heavy atom. The van der Waals surface area contributed by atoms with Gasteiger partial charge < -0.3 is 5.32 Å². The molecule has 2 aromatic rings. The number of nitrogens with one attached hydrogen (secondary N) is 1. The minimum absolute atomic E-state index is 0. The lowest BCUT2D eigenvalue weighted by molar-refractivity contribution is 0.656. The number of hydrogen-bond acceptors (Lipinski definition) is 3. The molecule has 2 heterocycles. The molecule has 0 bridgehead atoms. The maximum Gasteiger partial charge on any atom is 0.0534 e. The zero-order valence-electron chi connectivity index (χ0n) is 9.22. The second-order valence-electron chi connectivity index (χ2n) is 3.39. The van der Waals surface area contributed by atoms with Crippen LogP contribution in [-0.4, -0.2) is 9.78 Å². The third-order valence-corrected chi connectivity index (χ3v) is 3.10. The van der Waals surface area contributed by atoms with Gasteiger partial charge in [0.15, 0.2) is 0 Å². The van der Waals surface area contributed by atoms with Crippen LogP contribution in [0.1, 0.15) is 17.4 Å². The molecule has 0 amide bonds. The van der Waals surface area contributed by atoms with Crippen LogP contribution in [0.3, 0.4) is 0 Å². The van der Waals surface area contributed by atoms with E-state index in [1.165, 1.54) is 10.4 Å². The van der Waals surface area contributed by atoms with Gasteiger partial charge in [0.05, 0.1) is 6.20 Å². The van der Waals surface area contributed by atoms with E-state index in [9.17, 15) is 0 Å². The summed E-state index contributed by atoms with van der Waals surface area (Å²) in [5.74, 6) is 0. The second kappa shape index (κ2) is 6.68. The molecule has 0 saturated carbocycles. The average Bonchev–Trinajstić information content (AvgIpc) is 2.88. The van der Waals surface area contributed by atoms with Crippen LogP contribution in [0, 0.1) is 0 Å². The summed E-state index contributed by atoms with van der Waals surface area (Å²) in [5, 5.41) is 9.73. The lowest BCUT2D eigenvalue weighted by Gasteiger charge is -1.99. The summed E-state index contributed by atoms with van der Waals surface area (Å²) in [5.41, 5.74) is 1.24. The molecule has 0 atom stereocenters. The Kier molecular flexibility index (Phi) is 5.52. The van der Waals surface area contributed by atoms with Gasteiger partial charge in [-0.2, -0.15) is 5.10 Å². The van der Waals surface area contributed by atoms with Gasteiger partial charge in [0.1, 0.15) is 0 Å². The van der Waals surface area contributed by atoms with Crippen molar-refractivity contribution in [2.45, 2.75) is 26.6 Å². The van der Waals surface area contributed by atoms with Crippen LogP contribution in [0.5, 0.6) is 0 Å². The number of halogens is 1. The van der Waals surface area contributed by atoms with Crippen molar-refractivity contribution in [3.63, 3.8) is 0 Å². The van der Waals surface area contributed by atoms with Crippen LogP contribution < -0.4 is 5.32 Å². The fourth-order valence-electron chi connectivity index (χ4n) is 1.41. The molecular weight excluding hydrogens is 242 g/mol. The molecule has 0 aliphatic rings. The van der Waals surface area contributed by atoms with Crippen molar-refractivity contribution in [2.75, 3.05) is 0 Å². The molecule has 0 unspecified atom stereocenters. The minimum Gasteiger partial charge on any atom is -0.308 e. The number of aryl methyl sites for hydroxylation is 1.